The Morgan fingerprint density at radius 3 is 3.06 bits per heavy atom. The van der Waals surface area contributed by atoms with Gasteiger partial charge in [0.25, 0.3) is 0 Å². The van der Waals surface area contributed by atoms with Crippen LogP contribution in [0.4, 0.5) is 0 Å². The van der Waals surface area contributed by atoms with Gasteiger partial charge in [0.2, 0.25) is 5.91 Å². The number of aliphatic hydroxyl groups excluding tert-OH is 1. The number of ether oxygens (including phenoxy) is 1. The van der Waals surface area contributed by atoms with Gasteiger partial charge in [-0.25, -0.2) is 0 Å². The van der Waals surface area contributed by atoms with Crippen molar-refractivity contribution in [1.82, 2.24) is 10.2 Å². The highest BCUT2D eigenvalue weighted by Crippen LogP contribution is 2.08. The summed E-state index contributed by atoms with van der Waals surface area (Å²) >= 11 is 0. The molecule has 1 heterocycles. The van der Waals surface area contributed by atoms with Crippen LogP contribution in [0.15, 0.2) is 0 Å². The average Bonchev–Trinajstić information content (AvgIpc) is 2.17. The first-order valence-electron chi connectivity index (χ1n) is 5.80. The van der Waals surface area contributed by atoms with Gasteiger partial charge in [0.05, 0.1) is 19.3 Å². The number of rotatable bonds is 5. The van der Waals surface area contributed by atoms with Gasteiger partial charge in [-0.15, -0.1) is 0 Å². The van der Waals surface area contributed by atoms with Gasteiger partial charge in [0.1, 0.15) is 0 Å². The minimum atomic E-state index is -0.280. The van der Waals surface area contributed by atoms with Crippen LogP contribution in [0.25, 0.3) is 0 Å². The second-order valence-corrected chi connectivity index (χ2v) is 4.46. The number of hydrogen-bond donors (Lipinski definition) is 2. The van der Waals surface area contributed by atoms with Gasteiger partial charge in [0, 0.05) is 19.7 Å². The van der Waals surface area contributed by atoms with Crippen LogP contribution >= 0.6 is 0 Å². The zero-order valence-electron chi connectivity index (χ0n) is 10.1. The van der Waals surface area contributed by atoms with Crippen molar-refractivity contribution in [1.29, 1.82) is 0 Å². The first kappa shape index (κ1) is 13.4. The standard InChI is InChI=1S/C11H22N2O3/c1-9(8-16-2)12-11(15)7-13-5-3-4-10(14)6-13/h9-10,14H,3-8H2,1-2H3,(H,12,15)/t9?,10-/m0/s1. The molecule has 0 aromatic carbocycles. The molecule has 1 saturated heterocycles. The first-order valence-corrected chi connectivity index (χ1v) is 5.80. The second kappa shape index (κ2) is 6.83. The summed E-state index contributed by atoms with van der Waals surface area (Å²) in [6.07, 6.45) is 1.53. The van der Waals surface area contributed by atoms with Crippen molar-refractivity contribution in [3.05, 3.63) is 0 Å². The number of nitrogens with one attached hydrogen (secondary N) is 1. The van der Waals surface area contributed by atoms with Crippen LogP contribution in [0.1, 0.15) is 19.8 Å². The molecule has 1 unspecified atom stereocenters. The van der Waals surface area contributed by atoms with E-state index in [4.69, 9.17) is 4.74 Å². The molecular formula is C11H22N2O3. The van der Waals surface area contributed by atoms with Crippen molar-refractivity contribution in [3.63, 3.8) is 0 Å². The summed E-state index contributed by atoms with van der Waals surface area (Å²) in [6.45, 7) is 4.29. The quantitative estimate of drug-likeness (QED) is 0.674. The maximum Gasteiger partial charge on any atom is 0.234 e. The van der Waals surface area contributed by atoms with Crippen LogP contribution in [0, 0.1) is 0 Å². The summed E-state index contributed by atoms with van der Waals surface area (Å²) in [7, 11) is 1.61. The molecule has 0 bridgehead atoms. The van der Waals surface area contributed by atoms with E-state index in [1.165, 1.54) is 0 Å². The predicted octanol–water partition coefficient (Wildman–Crippen LogP) is -0.406. The minimum Gasteiger partial charge on any atom is -0.392 e. The number of carbonyl (C=O) groups is 1. The van der Waals surface area contributed by atoms with Gasteiger partial charge in [-0.2, -0.15) is 0 Å². The molecule has 94 valence electrons. The molecule has 5 heteroatoms. The van der Waals surface area contributed by atoms with Gasteiger partial charge in [-0.1, -0.05) is 0 Å². The van der Waals surface area contributed by atoms with Crippen LogP contribution in [0.2, 0.25) is 0 Å². The highest BCUT2D eigenvalue weighted by molar-refractivity contribution is 5.78. The Bertz CT molecular complexity index is 223. The Kier molecular flexibility index (Phi) is 5.73. The number of likely N-dealkylation sites (tertiary alicyclic amines) is 1. The van der Waals surface area contributed by atoms with Crippen LogP contribution in [0.5, 0.6) is 0 Å². The van der Waals surface area contributed by atoms with E-state index in [-0.39, 0.29) is 18.1 Å². The molecule has 0 radical (unpaired) electrons. The topological polar surface area (TPSA) is 61.8 Å². The summed E-state index contributed by atoms with van der Waals surface area (Å²) < 4.78 is 4.94. The molecule has 1 rings (SSSR count). The molecule has 0 aromatic heterocycles. The number of hydrogen-bond acceptors (Lipinski definition) is 4. The summed E-state index contributed by atoms with van der Waals surface area (Å²) in [5.74, 6) is -0.00125. The summed E-state index contributed by atoms with van der Waals surface area (Å²) in [5, 5.41) is 12.3. The molecule has 2 atom stereocenters. The number of amides is 1. The Morgan fingerprint density at radius 2 is 2.44 bits per heavy atom. The van der Waals surface area contributed by atoms with Crippen molar-refractivity contribution in [2.45, 2.75) is 31.9 Å². The van der Waals surface area contributed by atoms with Crippen molar-refractivity contribution in [2.75, 3.05) is 33.4 Å². The second-order valence-electron chi connectivity index (χ2n) is 4.46. The van der Waals surface area contributed by atoms with E-state index < -0.39 is 0 Å². The van der Waals surface area contributed by atoms with E-state index in [1.807, 2.05) is 11.8 Å². The third kappa shape index (κ3) is 4.92. The lowest BCUT2D eigenvalue weighted by Gasteiger charge is -2.29. The van der Waals surface area contributed by atoms with Crippen molar-refractivity contribution < 1.29 is 14.6 Å². The van der Waals surface area contributed by atoms with Crippen molar-refractivity contribution >= 4 is 5.91 Å². The van der Waals surface area contributed by atoms with Gasteiger partial charge in [-0.05, 0) is 26.3 Å². The summed E-state index contributed by atoms with van der Waals surface area (Å²) in [4.78, 5) is 13.6. The Labute approximate surface area is 96.8 Å². The van der Waals surface area contributed by atoms with Crippen LogP contribution < -0.4 is 5.32 Å². The predicted molar refractivity (Wildman–Crippen MR) is 61.2 cm³/mol. The van der Waals surface area contributed by atoms with Gasteiger partial charge >= 0.3 is 0 Å². The highest BCUT2D eigenvalue weighted by atomic mass is 16.5. The first-order chi connectivity index (χ1) is 7.61. The van der Waals surface area contributed by atoms with E-state index in [0.29, 0.717) is 19.7 Å². The molecule has 16 heavy (non-hydrogen) atoms. The normalized spacial score (nSPS) is 24.1. The van der Waals surface area contributed by atoms with Gasteiger partial charge in [-0.3, -0.25) is 9.69 Å². The van der Waals surface area contributed by atoms with E-state index in [2.05, 4.69) is 5.32 Å². The smallest absolute Gasteiger partial charge is 0.234 e. The molecule has 1 aliphatic rings. The number of piperidine rings is 1. The molecule has 0 aliphatic carbocycles. The van der Waals surface area contributed by atoms with E-state index in [9.17, 15) is 9.90 Å². The van der Waals surface area contributed by atoms with Crippen LogP contribution in [-0.4, -0.2) is 61.4 Å². The van der Waals surface area contributed by atoms with Gasteiger partial charge < -0.3 is 15.2 Å². The van der Waals surface area contributed by atoms with E-state index in [1.54, 1.807) is 7.11 Å². The lowest BCUT2D eigenvalue weighted by Crippen LogP contribution is -2.46. The number of aliphatic hydroxyl groups is 1. The number of carbonyl (C=O) groups excluding carboxylic acids is 1. The number of methoxy groups -OCH3 is 1. The van der Waals surface area contributed by atoms with Crippen LogP contribution in [-0.2, 0) is 9.53 Å². The molecule has 1 fully saturated rings. The molecule has 0 aromatic rings. The van der Waals surface area contributed by atoms with E-state index >= 15 is 0 Å². The van der Waals surface area contributed by atoms with Crippen molar-refractivity contribution in [2.24, 2.45) is 0 Å². The fourth-order valence-electron chi connectivity index (χ4n) is 1.99. The zero-order chi connectivity index (χ0) is 12.0. The molecular weight excluding hydrogens is 208 g/mol. The largest absolute Gasteiger partial charge is 0.392 e. The Hall–Kier alpha value is -0.650. The highest BCUT2D eigenvalue weighted by Gasteiger charge is 2.20. The molecule has 5 nitrogen and oxygen atoms in total. The Morgan fingerprint density at radius 1 is 1.69 bits per heavy atom. The third-order valence-corrected chi connectivity index (χ3v) is 2.67. The van der Waals surface area contributed by atoms with E-state index in [0.717, 1.165) is 19.4 Å². The average molecular weight is 230 g/mol. The molecule has 1 aliphatic heterocycles. The zero-order valence-corrected chi connectivity index (χ0v) is 10.1. The molecule has 1 amide bonds. The van der Waals surface area contributed by atoms with Crippen molar-refractivity contribution in [3.8, 4) is 0 Å². The monoisotopic (exact) mass is 230 g/mol. The fraction of sp³-hybridized carbons (Fsp3) is 0.909. The SMILES string of the molecule is COCC(C)NC(=O)CN1CCC[C@H](O)C1. The minimum absolute atomic E-state index is 0.00125. The maximum atomic E-state index is 11.6. The lowest BCUT2D eigenvalue weighted by molar-refractivity contribution is -0.123. The molecule has 0 saturated carbocycles. The molecule has 2 N–H and O–H groups in total. The van der Waals surface area contributed by atoms with Gasteiger partial charge in [0.15, 0.2) is 0 Å². The lowest BCUT2D eigenvalue weighted by atomic mass is 10.1. The molecule has 0 spiro atoms. The summed E-state index contributed by atoms with van der Waals surface area (Å²) in [5.41, 5.74) is 0. The third-order valence-electron chi connectivity index (χ3n) is 2.67. The number of nitrogens with zero attached hydrogens (tertiary/aromatic N) is 1. The van der Waals surface area contributed by atoms with Crippen LogP contribution in [0.3, 0.4) is 0 Å². The fourth-order valence-corrected chi connectivity index (χ4v) is 1.99. The Balaban J connectivity index is 2.22. The number of β-amino-alcohol motifs (C(OH)–C–C–N with tert-alkyl or cyclic N) is 1. The summed E-state index contributed by atoms with van der Waals surface area (Å²) in [6, 6.07) is 0.0345. The maximum absolute atomic E-state index is 11.6.